The highest BCUT2D eigenvalue weighted by Gasteiger charge is 2.13. The van der Waals surface area contributed by atoms with Crippen molar-refractivity contribution in [2.75, 3.05) is 13.7 Å². The van der Waals surface area contributed by atoms with Gasteiger partial charge in [0.2, 0.25) is 0 Å². The maximum Gasteiger partial charge on any atom is 0.0543 e. The molecule has 1 rings (SSSR count). The predicted octanol–water partition coefficient (Wildman–Crippen LogP) is 3.91. The molecule has 0 bridgehead atoms. The topological polar surface area (TPSA) is 21.3 Å². The van der Waals surface area contributed by atoms with Crippen LogP contribution in [0.3, 0.4) is 0 Å². The molecule has 0 aliphatic carbocycles. The van der Waals surface area contributed by atoms with Crippen LogP contribution in [0, 0.1) is 6.92 Å². The number of nitrogens with one attached hydrogen (secondary N) is 1. The molecule has 0 amide bonds. The Morgan fingerprint density at radius 1 is 1.41 bits per heavy atom. The SMILES string of the molecule is CCCNC(CCC(C)OC)c1csc(C)c1. The maximum atomic E-state index is 5.32. The summed E-state index contributed by atoms with van der Waals surface area (Å²) in [5, 5.41) is 5.91. The number of aryl methyl sites for hydroxylation is 1. The molecule has 0 aromatic carbocycles. The van der Waals surface area contributed by atoms with Gasteiger partial charge in [0, 0.05) is 18.0 Å². The number of hydrogen-bond acceptors (Lipinski definition) is 3. The summed E-state index contributed by atoms with van der Waals surface area (Å²) in [6.45, 7) is 7.60. The van der Waals surface area contributed by atoms with Gasteiger partial charge in [-0.25, -0.2) is 0 Å². The standard InChI is InChI=1S/C14H25NOS/c1-5-8-15-14(7-6-11(2)16-4)13-9-12(3)17-10-13/h9-11,14-15H,5-8H2,1-4H3. The molecule has 0 saturated carbocycles. The molecule has 2 nitrogen and oxygen atoms in total. The highest BCUT2D eigenvalue weighted by atomic mass is 32.1. The van der Waals surface area contributed by atoms with Gasteiger partial charge in [0.25, 0.3) is 0 Å². The van der Waals surface area contributed by atoms with Crippen molar-refractivity contribution in [2.45, 2.75) is 52.2 Å². The molecule has 3 heteroatoms. The van der Waals surface area contributed by atoms with Crippen molar-refractivity contribution in [1.29, 1.82) is 0 Å². The quantitative estimate of drug-likeness (QED) is 0.760. The molecular weight excluding hydrogens is 230 g/mol. The molecule has 0 radical (unpaired) electrons. The molecular formula is C14H25NOS. The van der Waals surface area contributed by atoms with E-state index in [4.69, 9.17) is 4.74 Å². The second-order valence-electron chi connectivity index (χ2n) is 4.62. The van der Waals surface area contributed by atoms with Crippen LogP contribution in [0.15, 0.2) is 11.4 Å². The molecule has 1 N–H and O–H groups in total. The first-order chi connectivity index (χ1) is 8.17. The van der Waals surface area contributed by atoms with Crippen LogP contribution in [0.2, 0.25) is 0 Å². The average molecular weight is 255 g/mol. The largest absolute Gasteiger partial charge is 0.382 e. The zero-order valence-electron chi connectivity index (χ0n) is 11.5. The smallest absolute Gasteiger partial charge is 0.0543 e. The minimum atomic E-state index is 0.348. The third-order valence-corrected chi connectivity index (χ3v) is 3.94. The van der Waals surface area contributed by atoms with E-state index in [1.54, 1.807) is 7.11 Å². The van der Waals surface area contributed by atoms with Crippen LogP contribution in [0.25, 0.3) is 0 Å². The molecule has 2 unspecified atom stereocenters. The number of thiophene rings is 1. The molecule has 98 valence electrons. The van der Waals surface area contributed by atoms with Gasteiger partial charge in [0.15, 0.2) is 0 Å². The first kappa shape index (κ1) is 14.7. The van der Waals surface area contributed by atoms with Gasteiger partial charge in [-0.05, 0) is 56.7 Å². The minimum absolute atomic E-state index is 0.348. The van der Waals surface area contributed by atoms with Crippen molar-refractivity contribution in [3.8, 4) is 0 Å². The average Bonchev–Trinajstić information content (AvgIpc) is 2.75. The van der Waals surface area contributed by atoms with E-state index in [-0.39, 0.29) is 0 Å². The van der Waals surface area contributed by atoms with Gasteiger partial charge in [-0.1, -0.05) is 6.92 Å². The van der Waals surface area contributed by atoms with Crippen molar-refractivity contribution >= 4 is 11.3 Å². The van der Waals surface area contributed by atoms with Crippen molar-refractivity contribution in [2.24, 2.45) is 0 Å². The number of ether oxygens (including phenoxy) is 1. The minimum Gasteiger partial charge on any atom is -0.382 e. The summed E-state index contributed by atoms with van der Waals surface area (Å²) in [6.07, 6.45) is 3.78. The first-order valence-electron chi connectivity index (χ1n) is 6.48. The van der Waals surface area contributed by atoms with Crippen molar-refractivity contribution in [3.05, 3.63) is 21.9 Å². The van der Waals surface area contributed by atoms with Crippen LogP contribution in [-0.2, 0) is 4.74 Å². The van der Waals surface area contributed by atoms with Gasteiger partial charge in [-0.2, -0.15) is 0 Å². The molecule has 1 heterocycles. The van der Waals surface area contributed by atoms with E-state index in [1.165, 1.54) is 16.9 Å². The Kier molecular flexibility index (Phi) is 6.78. The van der Waals surface area contributed by atoms with Gasteiger partial charge in [0.1, 0.15) is 0 Å². The summed E-state index contributed by atoms with van der Waals surface area (Å²) in [5.41, 5.74) is 1.43. The van der Waals surface area contributed by atoms with Gasteiger partial charge in [-0.15, -0.1) is 11.3 Å². The number of hydrogen-bond donors (Lipinski definition) is 1. The van der Waals surface area contributed by atoms with Gasteiger partial charge >= 0.3 is 0 Å². The Hall–Kier alpha value is -0.380. The van der Waals surface area contributed by atoms with Gasteiger partial charge < -0.3 is 10.1 Å². The second-order valence-corrected chi connectivity index (χ2v) is 5.74. The molecule has 0 aliphatic rings. The summed E-state index contributed by atoms with van der Waals surface area (Å²) in [6, 6.07) is 2.78. The summed E-state index contributed by atoms with van der Waals surface area (Å²) < 4.78 is 5.32. The van der Waals surface area contributed by atoms with Gasteiger partial charge in [-0.3, -0.25) is 0 Å². The Labute approximate surface area is 109 Å². The predicted molar refractivity (Wildman–Crippen MR) is 75.8 cm³/mol. The lowest BCUT2D eigenvalue weighted by Crippen LogP contribution is -2.23. The van der Waals surface area contributed by atoms with Crippen LogP contribution in [0.4, 0.5) is 0 Å². The zero-order chi connectivity index (χ0) is 12.7. The van der Waals surface area contributed by atoms with Crippen LogP contribution in [0.1, 0.15) is 49.6 Å². The number of methoxy groups -OCH3 is 1. The molecule has 1 aromatic rings. The normalized spacial score (nSPS) is 14.8. The monoisotopic (exact) mass is 255 g/mol. The van der Waals surface area contributed by atoms with Crippen LogP contribution >= 0.6 is 11.3 Å². The lowest BCUT2D eigenvalue weighted by atomic mass is 10.0. The second kappa shape index (κ2) is 7.85. The van der Waals surface area contributed by atoms with Crippen molar-refractivity contribution in [3.63, 3.8) is 0 Å². The van der Waals surface area contributed by atoms with Crippen LogP contribution in [0.5, 0.6) is 0 Å². The van der Waals surface area contributed by atoms with E-state index < -0.39 is 0 Å². The molecule has 2 atom stereocenters. The lowest BCUT2D eigenvalue weighted by Gasteiger charge is -2.19. The molecule has 0 spiro atoms. The van der Waals surface area contributed by atoms with E-state index in [2.05, 4.69) is 37.5 Å². The first-order valence-corrected chi connectivity index (χ1v) is 7.36. The third-order valence-electron chi connectivity index (χ3n) is 3.06. The van der Waals surface area contributed by atoms with E-state index >= 15 is 0 Å². The summed E-state index contributed by atoms with van der Waals surface area (Å²) in [4.78, 5) is 1.39. The maximum absolute atomic E-state index is 5.32. The Balaban J connectivity index is 2.54. The van der Waals surface area contributed by atoms with Crippen molar-refractivity contribution in [1.82, 2.24) is 5.32 Å². The molecule has 0 aliphatic heterocycles. The molecule has 1 aromatic heterocycles. The Morgan fingerprint density at radius 2 is 2.18 bits per heavy atom. The van der Waals surface area contributed by atoms with E-state index in [0.29, 0.717) is 12.1 Å². The fraction of sp³-hybridized carbons (Fsp3) is 0.714. The Morgan fingerprint density at radius 3 is 2.71 bits per heavy atom. The van der Waals surface area contributed by atoms with Gasteiger partial charge in [0.05, 0.1) is 6.10 Å². The molecule has 0 fully saturated rings. The van der Waals surface area contributed by atoms with E-state index in [0.717, 1.165) is 19.4 Å². The molecule has 0 saturated heterocycles. The number of rotatable bonds is 8. The van der Waals surface area contributed by atoms with Crippen molar-refractivity contribution < 1.29 is 4.74 Å². The lowest BCUT2D eigenvalue weighted by molar-refractivity contribution is 0.106. The fourth-order valence-electron chi connectivity index (χ4n) is 1.87. The highest BCUT2D eigenvalue weighted by molar-refractivity contribution is 7.10. The summed E-state index contributed by atoms with van der Waals surface area (Å²) in [5.74, 6) is 0. The molecule has 17 heavy (non-hydrogen) atoms. The highest BCUT2D eigenvalue weighted by Crippen LogP contribution is 2.24. The summed E-state index contributed by atoms with van der Waals surface area (Å²) in [7, 11) is 1.79. The Bertz CT molecular complexity index is 311. The van der Waals surface area contributed by atoms with Crippen LogP contribution in [-0.4, -0.2) is 19.8 Å². The fourth-order valence-corrected chi connectivity index (χ4v) is 2.63. The summed E-state index contributed by atoms with van der Waals surface area (Å²) >= 11 is 1.83. The zero-order valence-corrected chi connectivity index (χ0v) is 12.3. The van der Waals surface area contributed by atoms with E-state index in [1.807, 2.05) is 11.3 Å². The van der Waals surface area contributed by atoms with Crippen LogP contribution < -0.4 is 5.32 Å². The third kappa shape index (κ3) is 5.19. The van der Waals surface area contributed by atoms with E-state index in [9.17, 15) is 0 Å².